The molecule has 1 heterocycles. The van der Waals surface area contributed by atoms with Gasteiger partial charge in [0, 0.05) is 10.9 Å². The topological polar surface area (TPSA) is 9.23 Å². The quantitative estimate of drug-likeness (QED) is 0.260. The summed E-state index contributed by atoms with van der Waals surface area (Å²) in [6.07, 6.45) is 0.150. The fraction of sp³-hybridized carbons (Fsp3) is 0.120. The standard InChI is InChI=1S/C25H15F3O/c26-25(27,28)16-8-10-18-15(12-16)13-21-19-6-3-11-29-24(19)23-17-5-2-1-4-14(17)7-9-20(23)22(18)21/h1-10,12H,11,13H2. The Morgan fingerprint density at radius 3 is 2.62 bits per heavy atom. The molecule has 4 aromatic rings. The van der Waals surface area contributed by atoms with E-state index in [1.165, 1.54) is 12.1 Å². The van der Waals surface area contributed by atoms with Crippen LogP contribution in [0.15, 0.2) is 60.7 Å². The molecule has 1 aliphatic heterocycles. The van der Waals surface area contributed by atoms with Crippen molar-refractivity contribution in [2.45, 2.75) is 12.6 Å². The maximum atomic E-state index is 13.3. The molecular weight excluding hydrogens is 373 g/mol. The minimum atomic E-state index is -4.34. The van der Waals surface area contributed by atoms with Gasteiger partial charge in [-0.3, -0.25) is 0 Å². The number of halogens is 3. The van der Waals surface area contributed by atoms with Crippen LogP contribution in [0.25, 0.3) is 38.7 Å². The molecule has 4 aromatic carbocycles. The van der Waals surface area contributed by atoms with Crippen LogP contribution in [0.1, 0.15) is 22.3 Å². The lowest BCUT2D eigenvalue weighted by molar-refractivity contribution is -0.137. The first-order valence-corrected chi connectivity index (χ1v) is 9.52. The highest BCUT2D eigenvalue weighted by Gasteiger charge is 2.34. The Hall–Kier alpha value is -3.27. The summed E-state index contributed by atoms with van der Waals surface area (Å²) in [6, 6.07) is 16.4. The van der Waals surface area contributed by atoms with Crippen LogP contribution >= 0.6 is 0 Å². The summed E-state index contributed by atoms with van der Waals surface area (Å²) in [7, 11) is 0. The Bertz CT molecular complexity index is 1360. The van der Waals surface area contributed by atoms with Gasteiger partial charge in [-0.05, 0) is 63.0 Å². The van der Waals surface area contributed by atoms with Gasteiger partial charge in [0.1, 0.15) is 12.4 Å². The summed E-state index contributed by atoms with van der Waals surface area (Å²) in [4.78, 5) is 0. The minimum absolute atomic E-state index is 0.480. The van der Waals surface area contributed by atoms with Crippen LogP contribution in [-0.4, -0.2) is 6.61 Å². The summed E-state index contributed by atoms with van der Waals surface area (Å²) in [6.45, 7) is 0.495. The van der Waals surface area contributed by atoms with E-state index in [2.05, 4.69) is 30.3 Å². The van der Waals surface area contributed by atoms with Gasteiger partial charge in [0.05, 0.1) is 5.56 Å². The lowest BCUT2D eigenvalue weighted by atomic mass is 9.89. The molecule has 0 fully saturated rings. The fourth-order valence-electron chi connectivity index (χ4n) is 4.76. The zero-order valence-electron chi connectivity index (χ0n) is 15.3. The van der Waals surface area contributed by atoms with Gasteiger partial charge in [-0.1, -0.05) is 48.5 Å². The van der Waals surface area contributed by atoms with Gasteiger partial charge in [-0.15, -0.1) is 0 Å². The summed E-state index contributed by atoms with van der Waals surface area (Å²) in [5.74, 6) is 0.835. The Labute approximate surface area is 165 Å². The Balaban J connectivity index is 1.75. The molecular formula is C25H15F3O. The molecule has 29 heavy (non-hydrogen) atoms. The molecule has 0 radical (unpaired) electrons. The van der Waals surface area contributed by atoms with Crippen molar-refractivity contribution >= 4 is 27.6 Å². The van der Waals surface area contributed by atoms with Gasteiger partial charge in [-0.2, -0.15) is 13.2 Å². The molecule has 0 N–H and O–H groups in total. The average Bonchev–Trinajstić information content (AvgIpc) is 3.12. The van der Waals surface area contributed by atoms with Crippen molar-refractivity contribution in [1.82, 2.24) is 0 Å². The van der Waals surface area contributed by atoms with E-state index in [0.29, 0.717) is 13.0 Å². The summed E-state index contributed by atoms with van der Waals surface area (Å²) in [5, 5.41) is 4.28. The number of alkyl halides is 3. The number of rotatable bonds is 0. The van der Waals surface area contributed by atoms with Crippen molar-refractivity contribution in [2.75, 3.05) is 6.61 Å². The van der Waals surface area contributed by atoms with E-state index in [-0.39, 0.29) is 0 Å². The fourth-order valence-corrected chi connectivity index (χ4v) is 4.76. The van der Waals surface area contributed by atoms with Crippen LogP contribution in [0.5, 0.6) is 5.75 Å². The highest BCUT2D eigenvalue weighted by molar-refractivity contribution is 6.18. The molecule has 6 rings (SSSR count). The third kappa shape index (κ3) is 2.29. The average molecular weight is 388 g/mol. The van der Waals surface area contributed by atoms with Gasteiger partial charge >= 0.3 is 6.18 Å². The van der Waals surface area contributed by atoms with Crippen LogP contribution in [-0.2, 0) is 12.6 Å². The van der Waals surface area contributed by atoms with Crippen molar-refractivity contribution < 1.29 is 17.9 Å². The molecule has 4 heteroatoms. The Kier molecular flexibility index (Phi) is 3.24. The molecule has 2 aliphatic rings. The van der Waals surface area contributed by atoms with Gasteiger partial charge < -0.3 is 4.74 Å². The maximum absolute atomic E-state index is 13.3. The van der Waals surface area contributed by atoms with E-state index in [1.54, 1.807) is 6.07 Å². The molecule has 1 nitrogen and oxygen atoms in total. The number of hydrogen-bond acceptors (Lipinski definition) is 1. The van der Waals surface area contributed by atoms with Crippen LogP contribution in [0.4, 0.5) is 13.2 Å². The Morgan fingerprint density at radius 1 is 0.897 bits per heavy atom. The molecule has 1 aliphatic carbocycles. The largest absolute Gasteiger partial charge is 0.488 e. The zero-order chi connectivity index (χ0) is 19.8. The summed E-state index contributed by atoms with van der Waals surface area (Å²) in [5.41, 5.74) is 4.07. The van der Waals surface area contributed by atoms with E-state index in [1.807, 2.05) is 18.2 Å². The smallest absolute Gasteiger partial charge is 0.416 e. The molecule has 0 saturated heterocycles. The maximum Gasteiger partial charge on any atom is 0.416 e. The van der Waals surface area contributed by atoms with Crippen LogP contribution in [0.2, 0.25) is 0 Å². The van der Waals surface area contributed by atoms with Crippen molar-refractivity contribution in [3.05, 3.63) is 82.9 Å². The zero-order valence-corrected chi connectivity index (χ0v) is 15.3. The van der Waals surface area contributed by atoms with Crippen molar-refractivity contribution in [1.29, 1.82) is 0 Å². The van der Waals surface area contributed by atoms with Crippen molar-refractivity contribution in [3.63, 3.8) is 0 Å². The van der Waals surface area contributed by atoms with Crippen LogP contribution in [0, 0.1) is 0 Å². The van der Waals surface area contributed by atoms with Crippen LogP contribution in [0.3, 0.4) is 0 Å². The predicted molar refractivity (Wildman–Crippen MR) is 109 cm³/mol. The molecule has 0 aromatic heterocycles. The van der Waals surface area contributed by atoms with Crippen LogP contribution < -0.4 is 4.74 Å². The molecule has 142 valence electrons. The molecule has 0 spiro atoms. The van der Waals surface area contributed by atoms with E-state index < -0.39 is 11.7 Å². The van der Waals surface area contributed by atoms with E-state index in [0.717, 1.165) is 55.1 Å². The second-order valence-corrected chi connectivity index (χ2v) is 7.57. The first-order chi connectivity index (χ1) is 14.0. The monoisotopic (exact) mass is 388 g/mol. The van der Waals surface area contributed by atoms with Gasteiger partial charge in [-0.25, -0.2) is 0 Å². The SMILES string of the molecule is FC(F)(F)c1ccc2c(c1)Cc1c3c(c4c(ccc5ccccc54)c1-2)OCC=C3. The van der Waals surface area contributed by atoms with E-state index in [4.69, 9.17) is 4.74 Å². The highest BCUT2D eigenvalue weighted by Crippen LogP contribution is 2.51. The molecule has 0 atom stereocenters. The lowest BCUT2D eigenvalue weighted by Crippen LogP contribution is -2.05. The number of hydrogen-bond donors (Lipinski definition) is 0. The van der Waals surface area contributed by atoms with E-state index in [9.17, 15) is 13.2 Å². The van der Waals surface area contributed by atoms with Gasteiger partial charge in [0.2, 0.25) is 0 Å². The highest BCUT2D eigenvalue weighted by atomic mass is 19.4. The first-order valence-electron chi connectivity index (χ1n) is 9.52. The number of fused-ring (bicyclic) bond motifs is 10. The summed E-state index contributed by atoms with van der Waals surface area (Å²) < 4.78 is 45.8. The van der Waals surface area contributed by atoms with Gasteiger partial charge in [0.15, 0.2) is 0 Å². The summed E-state index contributed by atoms with van der Waals surface area (Å²) >= 11 is 0. The molecule has 0 saturated carbocycles. The van der Waals surface area contributed by atoms with Gasteiger partial charge in [0.25, 0.3) is 0 Å². The number of benzene rings is 4. The third-order valence-electron chi connectivity index (χ3n) is 5.97. The van der Waals surface area contributed by atoms with Crippen molar-refractivity contribution in [3.8, 4) is 16.9 Å². The second-order valence-electron chi connectivity index (χ2n) is 7.57. The lowest BCUT2D eigenvalue weighted by Gasteiger charge is -2.21. The molecule has 0 amide bonds. The predicted octanol–water partition coefficient (Wildman–Crippen LogP) is 6.99. The second kappa shape index (κ2) is 5.63. The minimum Gasteiger partial charge on any atom is -0.488 e. The first kappa shape index (κ1) is 16.7. The normalized spacial score (nSPS) is 14.6. The molecule has 0 unspecified atom stereocenters. The van der Waals surface area contributed by atoms with Crippen molar-refractivity contribution in [2.24, 2.45) is 0 Å². The Morgan fingerprint density at radius 2 is 1.76 bits per heavy atom. The molecule has 0 bridgehead atoms. The third-order valence-corrected chi connectivity index (χ3v) is 5.97. The number of ether oxygens (including phenoxy) is 1. The van der Waals surface area contributed by atoms with E-state index >= 15 is 0 Å².